The largest absolute Gasteiger partial charge is 0.306 e. The highest BCUT2D eigenvalue weighted by Crippen LogP contribution is 2.32. The summed E-state index contributed by atoms with van der Waals surface area (Å²) in [6.07, 6.45) is 0. The van der Waals surface area contributed by atoms with Crippen molar-refractivity contribution < 1.29 is 8.78 Å². The van der Waals surface area contributed by atoms with Gasteiger partial charge in [0.1, 0.15) is 11.6 Å². The Morgan fingerprint density at radius 2 is 1.76 bits per heavy atom. The molecule has 0 bridgehead atoms. The smallest absolute Gasteiger partial charge is 0.128 e. The van der Waals surface area contributed by atoms with Gasteiger partial charge in [-0.15, -0.1) is 0 Å². The fourth-order valence-corrected chi connectivity index (χ4v) is 3.49. The molecule has 0 amide bonds. The Kier molecular flexibility index (Phi) is 5.52. The number of halogens is 4. The van der Waals surface area contributed by atoms with E-state index in [1.807, 2.05) is 25.1 Å². The van der Waals surface area contributed by atoms with E-state index in [2.05, 4.69) is 37.2 Å². The van der Waals surface area contributed by atoms with Crippen LogP contribution >= 0.6 is 31.9 Å². The molecule has 0 saturated carbocycles. The van der Waals surface area contributed by atoms with E-state index in [1.54, 1.807) is 6.92 Å². The fourth-order valence-electron chi connectivity index (χ4n) is 2.21. The average Bonchev–Trinajstić information content (AvgIpc) is 2.41. The Morgan fingerprint density at radius 1 is 1.05 bits per heavy atom. The molecule has 2 aromatic rings. The van der Waals surface area contributed by atoms with Gasteiger partial charge in [0.25, 0.3) is 0 Å². The van der Waals surface area contributed by atoms with Crippen molar-refractivity contribution in [3.63, 3.8) is 0 Å². The standard InChI is InChI=1S/C16H15Br2F2N/c1-3-21-16(11-5-4-10(17)7-13(11)18)12-8-14(19)9(2)6-15(12)20/h4-8,16,21H,3H2,1-2H3. The minimum absolute atomic E-state index is 0.307. The first-order chi connectivity index (χ1) is 9.93. The van der Waals surface area contributed by atoms with Gasteiger partial charge in [0.15, 0.2) is 0 Å². The topological polar surface area (TPSA) is 12.0 Å². The molecule has 1 atom stereocenters. The maximum absolute atomic E-state index is 14.3. The number of rotatable bonds is 4. The number of benzene rings is 2. The van der Waals surface area contributed by atoms with Crippen molar-refractivity contribution in [2.75, 3.05) is 6.54 Å². The summed E-state index contributed by atoms with van der Waals surface area (Å²) in [7, 11) is 0. The molecule has 1 nitrogen and oxygen atoms in total. The molecular formula is C16H15Br2F2N. The molecule has 0 aliphatic rings. The van der Waals surface area contributed by atoms with Gasteiger partial charge in [-0.05, 0) is 48.9 Å². The maximum Gasteiger partial charge on any atom is 0.128 e. The van der Waals surface area contributed by atoms with Crippen LogP contribution in [0.1, 0.15) is 29.7 Å². The molecular weight excluding hydrogens is 404 g/mol. The normalized spacial score (nSPS) is 12.5. The summed E-state index contributed by atoms with van der Waals surface area (Å²) in [6, 6.07) is 7.76. The molecule has 0 aromatic heterocycles. The highest BCUT2D eigenvalue weighted by molar-refractivity contribution is 9.11. The maximum atomic E-state index is 14.3. The van der Waals surface area contributed by atoms with E-state index in [0.717, 1.165) is 14.5 Å². The van der Waals surface area contributed by atoms with E-state index in [-0.39, 0.29) is 0 Å². The fraction of sp³-hybridized carbons (Fsp3) is 0.250. The lowest BCUT2D eigenvalue weighted by atomic mass is 9.97. The molecule has 2 rings (SSSR count). The van der Waals surface area contributed by atoms with E-state index >= 15 is 0 Å². The van der Waals surface area contributed by atoms with E-state index in [4.69, 9.17) is 0 Å². The third-order valence-corrected chi connectivity index (χ3v) is 4.45. The molecule has 21 heavy (non-hydrogen) atoms. The van der Waals surface area contributed by atoms with Crippen LogP contribution < -0.4 is 5.32 Å². The molecule has 0 aliphatic heterocycles. The van der Waals surface area contributed by atoms with Gasteiger partial charge in [-0.25, -0.2) is 8.78 Å². The SMILES string of the molecule is CCNC(c1cc(F)c(C)cc1F)c1ccc(Br)cc1Br. The quantitative estimate of drug-likeness (QED) is 0.691. The first kappa shape index (κ1) is 16.6. The van der Waals surface area contributed by atoms with Crippen LogP contribution in [0.4, 0.5) is 8.78 Å². The zero-order chi connectivity index (χ0) is 15.6. The third kappa shape index (κ3) is 3.71. The van der Waals surface area contributed by atoms with Crippen molar-refractivity contribution in [2.24, 2.45) is 0 Å². The third-order valence-electron chi connectivity index (χ3n) is 3.27. The first-order valence-corrected chi connectivity index (χ1v) is 8.16. The van der Waals surface area contributed by atoms with Crippen LogP contribution in [-0.2, 0) is 0 Å². The highest BCUT2D eigenvalue weighted by Gasteiger charge is 2.21. The molecule has 1 unspecified atom stereocenters. The lowest BCUT2D eigenvalue weighted by Gasteiger charge is -2.21. The summed E-state index contributed by atoms with van der Waals surface area (Å²) in [6.45, 7) is 4.13. The van der Waals surface area contributed by atoms with Gasteiger partial charge in [-0.3, -0.25) is 0 Å². The van der Waals surface area contributed by atoms with Crippen LogP contribution in [-0.4, -0.2) is 6.54 Å². The second-order valence-corrected chi connectivity index (χ2v) is 6.55. The molecule has 5 heteroatoms. The first-order valence-electron chi connectivity index (χ1n) is 6.58. The van der Waals surface area contributed by atoms with E-state index in [1.165, 1.54) is 12.1 Å². The van der Waals surface area contributed by atoms with Crippen molar-refractivity contribution in [3.05, 3.63) is 67.6 Å². The predicted molar refractivity (Wildman–Crippen MR) is 88.5 cm³/mol. The number of hydrogen-bond acceptors (Lipinski definition) is 1. The Hall–Kier alpha value is -0.780. The molecule has 1 N–H and O–H groups in total. The van der Waals surface area contributed by atoms with Crippen molar-refractivity contribution in [1.29, 1.82) is 0 Å². The second kappa shape index (κ2) is 6.99. The van der Waals surface area contributed by atoms with Gasteiger partial charge in [0.2, 0.25) is 0 Å². The van der Waals surface area contributed by atoms with Crippen LogP contribution in [0.25, 0.3) is 0 Å². The second-order valence-electron chi connectivity index (χ2n) is 4.78. The van der Waals surface area contributed by atoms with Crippen LogP contribution in [0.15, 0.2) is 39.3 Å². The minimum atomic E-state index is -0.410. The number of aryl methyl sites for hydroxylation is 1. The molecule has 112 valence electrons. The van der Waals surface area contributed by atoms with Gasteiger partial charge in [-0.1, -0.05) is 44.8 Å². The zero-order valence-corrected chi connectivity index (χ0v) is 14.9. The lowest BCUT2D eigenvalue weighted by molar-refractivity contribution is 0.540. The summed E-state index contributed by atoms with van der Waals surface area (Å²) in [5, 5.41) is 3.21. The lowest BCUT2D eigenvalue weighted by Crippen LogP contribution is -2.23. The summed E-state index contributed by atoms with van der Waals surface area (Å²) in [4.78, 5) is 0. The van der Waals surface area contributed by atoms with Crippen molar-refractivity contribution in [2.45, 2.75) is 19.9 Å². The van der Waals surface area contributed by atoms with Crippen molar-refractivity contribution >= 4 is 31.9 Å². The Labute approximate surface area is 140 Å². The van der Waals surface area contributed by atoms with Gasteiger partial charge >= 0.3 is 0 Å². The number of hydrogen-bond donors (Lipinski definition) is 1. The van der Waals surface area contributed by atoms with Gasteiger partial charge in [0, 0.05) is 14.5 Å². The molecule has 0 radical (unpaired) electrons. The minimum Gasteiger partial charge on any atom is -0.306 e. The Bertz CT molecular complexity index is 659. The summed E-state index contributed by atoms with van der Waals surface area (Å²) < 4.78 is 29.9. The van der Waals surface area contributed by atoms with E-state index < -0.39 is 17.7 Å². The molecule has 0 fully saturated rings. The summed E-state index contributed by atoms with van der Waals surface area (Å²) >= 11 is 6.88. The molecule has 0 spiro atoms. The van der Waals surface area contributed by atoms with Crippen LogP contribution in [0.5, 0.6) is 0 Å². The van der Waals surface area contributed by atoms with Crippen molar-refractivity contribution in [3.8, 4) is 0 Å². The highest BCUT2D eigenvalue weighted by atomic mass is 79.9. The number of nitrogens with one attached hydrogen (secondary N) is 1. The molecule has 2 aromatic carbocycles. The van der Waals surface area contributed by atoms with Gasteiger partial charge in [0.05, 0.1) is 6.04 Å². The molecule has 0 heterocycles. The Balaban J connectivity index is 2.55. The summed E-state index contributed by atoms with van der Waals surface area (Å²) in [5.74, 6) is -0.808. The average molecular weight is 419 g/mol. The Morgan fingerprint density at radius 3 is 2.38 bits per heavy atom. The predicted octanol–water partition coefficient (Wildman–Crippen LogP) is 5.50. The van der Waals surface area contributed by atoms with E-state index in [0.29, 0.717) is 17.7 Å². The van der Waals surface area contributed by atoms with Crippen LogP contribution in [0.2, 0.25) is 0 Å². The summed E-state index contributed by atoms with van der Waals surface area (Å²) in [5.41, 5.74) is 1.48. The van der Waals surface area contributed by atoms with Crippen LogP contribution in [0.3, 0.4) is 0 Å². The monoisotopic (exact) mass is 417 g/mol. The zero-order valence-electron chi connectivity index (χ0n) is 11.7. The van der Waals surface area contributed by atoms with Gasteiger partial charge in [-0.2, -0.15) is 0 Å². The van der Waals surface area contributed by atoms with Gasteiger partial charge < -0.3 is 5.32 Å². The van der Waals surface area contributed by atoms with Crippen molar-refractivity contribution in [1.82, 2.24) is 5.32 Å². The van der Waals surface area contributed by atoms with E-state index in [9.17, 15) is 8.78 Å². The molecule has 0 saturated heterocycles. The van der Waals surface area contributed by atoms with Crippen LogP contribution in [0, 0.1) is 18.6 Å². The molecule has 0 aliphatic carbocycles.